The summed E-state index contributed by atoms with van der Waals surface area (Å²) in [4.78, 5) is 0. The largest absolute Gasteiger partial charge is 0.489 e. The Bertz CT molecular complexity index is 463. The van der Waals surface area contributed by atoms with Gasteiger partial charge in [0.1, 0.15) is 0 Å². The summed E-state index contributed by atoms with van der Waals surface area (Å²) < 4.78 is 17.0. The fourth-order valence-corrected chi connectivity index (χ4v) is 2.88. The molecule has 2 aliphatic rings. The van der Waals surface area contributed by atoms with Crippen molar-refractivity contribution < 1.29 is 19.3 Å². The van der Waals surface area contributed by atoms with Crippen LogP contribution in [0.3, 0.4) is 0 Å². The van der Waals surface area contributed by atoms with Crippen molar-refractivity contribution in [2.24, 2.45) is 5.92 Å². The second-order valence-corrected chi connectivity index (χ2v) is 5.31. The number of aliphatic hydroxyl groups is 1. The van der Waals surface area contributed by atoms with E-state index in [1.165, 1.54) is 0 Å². The molecule has 1 aromatic carbocycles. The van der Waals surface area contributed by atoms with Crippen LogP contribution in [0.4, 0.5) is 0 Å². The molecule has 5 heteroatoms. The van der Waals surface area contributed by atoms with Crippen LogP contribution in [0.5, 0.6) is 11.5 Å². The molecule has 1 aromatic rings. The molecule has 0 aliphatic carbocycles. The summed E-state index contributed by atoms with van der Waals surface area (Å²) in [5, 5.41) is 9.92. The predicted octanol–water partition coefficient (Wildman–Crippen LogP) is 2.57. The van der Waals surface area contributed by atoms with E-state index < -0.39 is 0 Å². The second kappa shape index (κ2) is 5.57. The van der Waals surface area contributed by atoms with E-state index in [4.69, 9.17) is 25.8 Å². The molecule has 0 bridgehead atoms. The van der Waals surface area contributed by atoms with Crippen molar-refractivity contribution in [1.82, 2.24) is 0 Å². The molecule has 1 fully saturated rings. The van der Waals surface area contributed by atoms with Crippen LogP contribution in [0, 0.1) is 5.92 Å². The molecule has 3 rings (SSSR count). The van der Waals surface area contributed by atoms with Gasteiger partial charge in [-0.3, -0.25) is 0 Å². The fourth-order valence-electron chi connectivity index (χ4n) is 2.60. The van der Waals surface area contributed by atoms with Crippen molar-refractivity contribution in [2.45, 2.75) is 18.9 Å². The smallest absolute Gasteiger partial charge is 0.179 e. The lowest BCUT2D eigenvalue weighted by molar-refractivity contribution is 0.0718. The highest BCUT2D eigenvalue weighted by Crippen LogP contribution is 2.43. The first-order valence-corrected chi connectivity index (χ1v) is 6.99. The fraction of sp³-hybridized carbons (Fsp3) is 0.571. The van der Waals surface area contributed by atoms with Gasteiger partial charge < -0.3 is 19.3 Å². The molecular weight excluding hydrogens is 268 g/mol. The van der Waals surface area contributed by atoms with Crippen LogP contribution in [0.2, 0.25) is 5.02 Å². The molecule has 2 heterocycles. The average Bonchev–Trinajstić information content (AvgIpc) is 2.76. The van der Waals surface area contributed by atoms with Crippen LogP contribution < -0.4 is 9.47 Å². The van der Waals surface area contributed by atoms with E-state index in [9.17, 15) is 5.11 Å². The molecule has 4 nitrogen and oxygen atoms in total. The molecule has 0 aromatic heterocycles. The Labute approximate surface area is 117 Å². The standard InChI is InChI=1S/C14H17ClO4/c15-11-6-10(13-9(8-16)2-5-19-13)7-12-14(11)18-4-1-3-17-12/h6-7,9,13,16H,1-5,8H2. The van der Waals surface area contributed by atoms with Crippen molar-refractivity contribution in [1.29, 1.82) is 0 Å². The number of ether oxygens (including phenoxy) is 3. The van der Waals surface area contributed by atoms with E-state index in [1.54, 1.807) is 0 Å². The lowest BCUT2D eigenvalue weighted by Gasteiger charge is -2.19. The Morgan fingerprint density at radius 2 is 2.05 bits per heavy atom. The highest BCUT2D eigenvalue weighted by molar-refractivity contribution is 6.32. The molecule has 0 spiro atoms. The SMILES string of the molecule is OCC1CCOC1c1cc(Cl)c2c(c1)OCCCO2. The van der Waals surface area contributed by atoms with Crippen LogP contribution in [-0.2, 0) is 4.74 Å². The molecular formula is C14H17ClO4. The van der Waals surface area contributed by atoms with Crippen LogP contribution in [0.1, 0.15) is 24.5 Å². The van der Waals surface area contributed by atoms with Gasteiger partial charge in [0, 0.05) is 25.6 Å². The zero-order valence-corrected chi connectivity index (χ0v) is 11.4. The van der Waals surface area contributed by atoms with E-state index in [-0.39, 0.29) is 18.6 Å². The third-order valence-electron chi connectivity index (χ3n) is 3.60. The Morgan fingerprint density at radius 3 is 2.89 bits per heavy atom. The molecule has 1 saturated heterocycles. The number of aliphatic hydroxyl groups excluding tert-OH is 1. The molecule has 2 atom stereocenters. The highest BCUT2D eigenvalue weighted by Gasteiger charge is 2.30. The third kappa shape index (κ3) is 2.53. The molecule has 1 N–H and O–H groups in total. The molecule has 0 radical (unpaired) electrons. The van der Waals surface area contributed by atoms with Gasteiger partial charge in [-0.1, -0.05) is 11.6 Å². The van der Waals surface area contributed by atoms with Gasteiger partial charge in [0.25, 0.3) is 0 Å². The first-order chi connectivity index (χ1) is 9.29. The van der Waals surface area contributed by atoms with E-state index in [0.717, 1.165) is 18.4 Å². The molecule has 104 valence electrons. The zero-order valence-electron chi connectivity index (χ0n) is 10.6. The van der Waals surface area contributed by atoms with Gasteiger partial charge in [-0.25, -0.2) is 0 Å². The number of rotatable bonds is 2. The minimum atomic E-state index is -0.111. The van der Waals surface area contributed by atoms with Gasteiger partial charge in [-0.15, -0.1) is 0 Å². The lowest BCUT2D eigenvalue weighted by Crippen LogP contribution is -2.11. The van der Waals surface area contributed by atoms with Crippen LogP contribution in [0.15, 0.2) is 12.1 Å². The maximum absolute atomic E-state index is 9.38. The topological polar surface area (TPSA) is 47.9 Å². The lowest BCUT2D eigenvalue weighted by atomic mass is 9.96. The van der Waals surface area contributed by atoms with Gasteiger partial charge in [-0.05, 0) is 24.1 Å². The Kier molecular flexibility index (Phi) is 3.82. The minimum Gasteiger partial charge on any atom is -0.489 e. The Balaban J connectivity index is 1.94. The quantitative estimate of drug-likeness (QED) is 0.907. The number of benzene rings is 1. The monoisotopic (exact) mass is 284 g/mol. The normalized spacial score (nSPS) is 26.2. The van der Waals surface area contributed by atoms with E-state index in [1.807, 2.05) is 12.1 Å². The van der Waals surface area contributed by atoms with Crippen LogP contribution in [0.25, 0.3) is 0 Å². The van der Waals surface area contributed by atoms with Crippen molar-refractivity contribution in [3.05, 3.63) is 22.7 Å². The summed E-state index contributed by atoms with van der Waals surface area (Å²) in [7, 11) is 0. The summed E-state index contributed by atoms with van der Waals surface area (Å²) in [6.45, 7) is 2.03. The Morgan fingerprint density at radius 1 is 1.21 bits per heavy atom. The molecule has 2 aliphatic heterocycles. The second-order valence-electron chi connectivity index (χ2n) is 4.90. The van der Waals surface area contributed by atoms with Crippen LogP contribution >= 0.6 is 11.6 Å². The molecule has 19 heavy (non-hydrogen) atoms. The maximum Gasteiger partial charge on any atom is 0.179 e. The summed E-state index contributed by atoms with van der Waals surface area (Å²) in [6, 6.07) is 3.78. The number of hydrogen-bond donors (Lipinski definition) is 1. The maximum atomic E-state index is 9.38. The molecule has 0 saturated carbocycles. The van der Waals surface area contributed by atoms with Crippen molar-refractivity contribution in [2.75, 3.05) is 26.4 Å². The first-order valence-electron chi connectivity index (χ1n) is 6.61. The number of halogens is 1. The van der Waals surface area contributed by atoms with Gasteiger partial charge in [0.05, 0.1) is 24.3 Å². The summed E-state index contributed by atoms with van der Waals surface area (Å²) in [5.74, 6) is 1.41. The number of fused-ring (bicyclic) bond motifs is 1. The van der Waals surface area contributed by atoms with Gasteiger partial charge >= 0.3 is 0 Å². The highest BCUT2D eigenvalue weighted by atomic mass is 35.5. The van der Waals surface area contributed by atoms with Crippen molar-refractivity contribution in [3.8, 4) is 11.5 Å². The summed E-state index contributed by atoms with van der Waals surface area (Å²) in [5.41, 5.74) is 0.950. The molecule has 2 unspecified atom stereocenters. The van der Waals surface area contributed by atoms with Crippen LogP contribution in [-0.4, -0.2) is 31.5 Å². The van der Waals surface area contributed by atoms with Crippen molar-refractivity contribution in [3.63, 3.8) is 0 Å². The van der Waals surface area contributed by atoms with Gasteiger partial charge in [-0.2, -0.15) is 0 Å². The number of hydrogen-bond acceptors (Lipinski definition) is 4. The first kappa shape index (κ1) is 13.0. The Hall–Kier alpha value is -0.970. The zero-order chi connectivity index (χ0) is 13.2. The van der Waals surface area contributed by atoms with Crippen molar-refractivity contribution >= 4 is 11.6 Å². The summed E-state index contributed by atoms with van der Waals surface area (Å²) in [6.07, 6.45) is 1.60. The summed E-state index contributed by atoms with van der Waals surface area (Å²) >= 11 is 6.27. The minimum absolute atomic E-state index is 0.111. The van der Waals surface area contributed by atoms with Gasteiger partial charge in [0.15, 0.2) is 11.5 Å². The van der Waals surface area contributed by atoms with E-state index >= 15 is 0 Å². The predicted molar refractivity (Wildman–Crippen MR) is 70.9 cm³/mol. The third-order valence-corrected chi connectivity index (χ3v) is 3.88. The average molecular weight is 285 g/mol. The van der Waals surface area contributed by atoms with Gasteiger partial charge in [0.2, 0.25) is 0 Å². The van der Waals surface area contributed by atoms with E-state index in [0.29, 0.717) is 36.3 Å². The van der Waals surface area contributed by atoms with E-state index in [2.05, 4.69) is 0 Å². The molecule has 0 amide bonds.